The van der Waals surface area contributed by atoms with Gasteiger partial charge in [0.25, 0.3) is 0 Å². The molecule has 0 aromatic heterocycles. The van der Waals surface area contributed by atoms with Crippen LogP contribution < -0.4 is 4.46 Å². The summed E-state index contributed by atoms with van der Waals surface area (Å²) in [5, 5.41) is 0.634. The van der Waals surface area contributed by atoms with E-state index in [2.05, 4.69) is 6.92 Å². The Kier molecular flexibility index (Phi) is 8.75. The van der Waals surface area contributed by atoms with Crippen LogP contribution in [-0.2, 0) is 4.57 Å². The molecule has 0 saturated carbocycles. The van der Waals surface area contributed by atoms with Gasteiger partial charge < -0.3 is 0 Å². The van der Waals surface area contributed by atoms with Crippen LogP contribution in [0.15, 0.2) is 30.3 Å². The van der Waals surface area contributed by atoms with E-state index in [1.165, 1.54) is 23.7 Å². The summed E-state index contributed by atoms with van der Waals surface area (Å²) in [6.45, 7) is 2.17. The van der Waals surface area contributed by atoms with Gasteiger partial charge in [-0.05, 0) is 0 Å². The molecule has 0 spiro atoms. The molecule has 0 bridgehead atoms. The van der Waals surface area contributed by atoms with Crippen LogP contribution in [0.4, 0.5) is 0 Å². The summed E-state index contributed by atoms with van der Waals surface area (Å²) in [4.78, 5) is 19.0. The van der Waals surface area contributed by atoms with Gasteiger partial charge >= 0.3 is 128 Å². The Labute approximate surface area is 128 Å². The van der Waals surface area contributed by atoms with Crippen LogP contribution in [0.25, 0.3) is 0 Å². The average molecular weight is 363 g/mol. The van der Waals surface area contributed by atoms with Gasteiger partial charge in [-0.3, -0.25) is 0 Å². The third kappa shape index (κ3) is 7.61. The van der Waals surface area contributed by atoms with E-state index >= 15 is 0 Å². The van der Waals surface area contributed by atoms with Crippen molar-refractivity contribution in [1.29, 1.82) is 0 Å². The van der Waals surface area contributed by atoms with E-state index in [0.717, 1.165) is 12.8 Å². The topological polar surface area (TPSA) is 57.5 Å². The second-order valence-corrected chi connectivity index (χ2v) is 9.27. The molecular weight excluding hydrogens is 338 g/mol. The monoisotopic (exact) mass is 364 g/mol. The molecule has 1 atom stereocenters. The van der Waals surface area contributed by atoms with E-state index in [4.69, 9.17) is 0 Å². The molecule has 20 heavy (non-hydrogen) atoms. The Morgan fingerprint density at radius 2 is 1.75 bits per heavy atom. The quantitative estimate of drug-likeness (QED) is 0.381. The maximum absolute atomic E-state index is 11.6. The number of benzene rings is 1. The van der Waals surface area contributed by atoms with Gasteiger partial charge in [-0.2, -0.15) is 0 Å². The summed E-state index contributed by atoms with van der Waals surface area (Å²) in [7, 11) is -3.95. The fourth-order valence-corrected chi connectivity index (χ4v) is 6.25. The Hall–Kier alpha value is -0.111. The van der Waals surface area contributed by atoms with Gasteiger partial charge in [0, 0.05) is 0 Å². The molecule has 1 unspecified atom stereocenters. The first-order chi connectivity index (χ1) is 9.54. The van der Waals surface area contributed by atoms with E-state index in [1.807, 2.05) is 30.3 Å². The van der Waals surface area contributed by atoms with Crippen molar-refractivity contribution in [3.05, 3.63) is 30.3 Å². The summed E-state index contributed by atoms with van der Waals surface area (Å²) >= 11 is 0.149. The van der Waals surface area contributed by atoms with Crippen LogP contribution >= 0.6 is 7.60 Å². The number of hydrogen-bond acceptors (Lipinski definition) is 1. The third-order valence-corrected chi connectivity index (χ3v) is 7.71. The molecule has 0 saturated heterocycles. The summed E-state index contributed by atoms with van der Waals surface area (Å²) in [6.07, 6.45) is 6.26. The second kappa shape index (κ2) is 9.76. The fraction of sp³-hybridized carbons (Fsp3) is 0.600. The van der Waals surface area contributed by atoms with E-state index in [9.17, 15) is 14.4 Å². The molecule has 5 heteroatoms. The first kappa shape index (κ1) is 17.9. The maximum atomic E-state index is 11.6. The van der Waals surface area contributed by atoms with Crippen LogP contribution in [0.5, 0.6) is 0 Å². The molecule has 1 aromatic rings. The van der Waals surface area contributed by atoms with Crippen molar-refractivity contribution in [3.63, 3.8) is 0 Å². The van der Waals surface area contributed by atoms with Gasteiger partial charge in [0.2, 0.25) is 0 Å². The van der Waals surface area contributed by atoms with Crippen LogP contribution in [0.3, 0.4) is 0 Å². The third-order valence-electron chi connectivity index (χ3n) is 3.30. The van der Waals surface area contributed by atoms with Gasteiger partial charge in [0.1, 0.15) is 0 Å². The molecule has 1 rings (SSSR count). The van der Waals surface area contributed by atoms with Gasteiger partial charge in [-0.15, -0.1) is 0 Å². The van der Waals surface area contributed by atoms with Crippen LogP contribution in [0, 0.1) is 0 Å². The Balaban J connectivity index is 2.39. The molecule has 0 fully saturated rings. The molecule has 2 N–H and O–H groups in total. The van der Waals surface area contributed by atoms with Crippen molar-refractivity contribution in [2.75, 3.05) is 0 Å². The zero-order valence-corrected chi connectivity index (χ0v) is 14.7. The van der Waals surface area contributed by atoms with Crippen molar-refractivity contribution in [2.24, 2.45) is 0 Å². The summed E-state index contributed by atoms with van der Waals surface area (Å²) in [6, 6.07) is 10.0. The predicted octanol–water partition coefficient (Wildman–Crippen LogP) is 3.34. The van der Waals surface area contributed by atoms with Crippen molar-refractivity contribution >= 4 is 27.0 Å². The zero-order chi connectivity index (χ0) is 14.8. The molecule has 0 aliphatic carbocycles. The van der Waals surface area contributed by atoms with Crippen molar-refractivity contribution < 1.29 is 14.4 Å². The molecule has 0 aliphatic heterocycles. The van der Waals surface area contributed by atoms with Gasteiger partial charge in [-0.1, -0.05) is 0 Å². The molecule has 0 radical (unpaired) electrons. The molecule has 114 valence electrons. The van der Waals surface area contributed by atoms with Crippen LogP contribution in [-0.4, -0.2) is 30.4 Å². The fourth-order valence-electron chi connectivity index (χ4n) is 2.04. The van der Waals surface area contributed by atoms with E-state index in [1.54, 1.807) is 0 Å². The molecular formula is C15H25O3PSe. The van der Waals surface area contributed by atoms with Gasteiger partial charge in [0.15, 0.2) is 0 Å². The number of hydrogen-bond donors (Lipinski definition) is 2. The summed E-state index contributed by atoms with van der Waals surface area (Å²) in [5.74, 6) is 0. The second-order valence-electron chi connectivity index (χ2n) is 5.07. The normalized spacial score (nSPS) is 13.3. The molecule has 0 amide bonds. The van der Waals surface area contributed by atoms with E-state index in [0.29, 0.717) is 11.7 Å². The number of rotatable bonds is 10. The van der Waals surface area contributed by atoms with Crippen molar-refractivity contribution in [3.8, 4) is 0 Å². The van der Waals surface area contributed by atoms with Crippen molar-refractivity contribution in [2.45, 2.75) is 56.4 Å². The Morgan fingerprint density at radius 1 is 1.10 bits per heavy atom. The first-order valence-corrected chi connectivity index (χ1v) is 11.0. The number of unbranched alkanes of at least 4 members (excludes halogenated alkanes) is 4. The standard InChI is InChI=1S/C15H25O3PSe/c1-2-3-4-5-7-10-14(19(16,17)18)13-20-15-11-8-6-9-12-15/h6,8-9,11-12,14H,2-5,7,10,13H2,1H3,(H2,16,17,18). The van der Waals surface area contributed by atoms with Crippen LogP contribution in [0.1, 0.15) is 45.4 Å². The Morgan fingerprint density at radius 3 is 2.35 bits per heavy atom. The first-order valence-electron chi connectivity index (χ1n) is 7.27. The van der Waals surface area contributed by atoms with Gasteiger partial charge in [-0.25, -0.2) is 0 Å². The Bertz CT molecular complexity index is 405. The predicted molar refractivity (Wildman–Crippen MR) is 85.8 cm³/mol. The zero-order valence-electron chi connectivity index (χ0n) is 12.1. The minimum atomic E-state index is -3.95. The summed E-state index contributed by atoms with van der Waals surface area (Å²) in [5.41, 5.74) is -0.454. The van der Waals surface area contributed by atoms with Gasteiger partial charge in [0.05, 0.1) is 0 Å². The summed E-state index contributed by atoms with van der Waals surface area (Å²) < 4.78 is 12.8. The molecule has 3 nitrogen and oxygen atoms in total. The van der Waals surface area contributed by atoms with E-state index in [-0.39, 0.29) is 15.0 Å². The van der Waals surface area contributed by atoms with Crippen LogP contribution in [0.2, 0.25) is 5.32 Å². The average Bonchev–Trinajstić information content (AvgIpc) is 2.41. The minimum absolute atomic E-state index is 0.149. The van der Waals surface area contributed by atoms with E-state index < -0.39 is 13.3 Å². The SMILES string of the molecule is CCCCCCCC(C[Se]c1ccccc1)P(=O)(O)O. The molecule has 0 heterocycles. The van der Waals surface area contributed by atoms with Crippen molar-refractivity contribution in [1.82, 2.24) is 0 Å². The molecule has 1 aromatic carbocycles. The molecule has 0 aliphatic rings.